The third-order valence-electron chi connectivity index (χ3n) is 3.60. The van der Waals surface area contributed by atoms with Crippen LogP contribution in [0.4, 0.5) is 5.95 Å². The molecule has 0 radical (unpaired) electrons. The van der Waals surface area contributed by atoms with Gasteiger partial charge >= 0.3 is 5.95 Å². The van der Waals surface area contributed by atoms with Crippen molar-refractivity contribution in [1.29, 1.82) is 0 Å². The molecular formula is C14H15BrN6O. The summed E-state index contributed by atoms with van der Waals surface area (Å²) in [5.74, 6) is 0.664. The fourth-order valence-electron chi connectivity index (χ4n) is 2.66. The van der Waals surface area contributed by atoms with E-state index in [0.717, 1.165) is 5.56 Å². The molecule has 0 amide bonds. The van der Waals surface area contributed by atoms with E-state index in [0.29, 0.717) is 19.0 Å². The van der Waals surface area contributed by atoms with Gasteiger partial charge < -0.3 is 22.1 Å². The van der Waals surface area contributed by atoms with Gasteiger partial charge in [-0.1, -0.05) is 40.4 Å². The van der Waals surface area contributed by atoms with Crippen LogP contribution in [-0.4, -0.2) is 23.2 Å². The molecule has 114 valence electrons. The van der Waals surface area contributed by atoms with Crippen molar-refractivity contribution in [3.05, 3.63) is 64.8 Å². The maximum atomic E-state index is 11.2. The number of halogens is 1. The Hall–Kier alpha value is -2.15. The summed E-state index contributed by atoms with van der Waals surface area (Å²) in [4.78, 5) is 8.87. The summed E-state index contributed by atoms with van der Waals surface area (Å²) in [6.07, 6.45) is 3.56. The molecule has 1 atom stereocenters. The van der Waals surface area contributed by atoms with Crippen molar-refractivity contribution in [3.63, 3.8) is 0 Å². The topological polar surface area (TPSA) is 89.0 Å². The molecule has 2 aromatic rings. The predicted molar refractivity (Wildman–Crippen MR) is 76.1 cm³/mol. The second-order valence-electron chi connectivity index (χ2n) is 4.84. The van der Waals surface area contributed by atoms with Crippen LogP contribution in [-0.2, 0) is 12.3 Å². The normalized spacial score (nSPS) is 19.0. The number of azide groups is 1. The maximum absolute atomic E-state index is 11.2. The third kappa shape index (κ3) is 2.76. The van der Waals surface area contributed by atoms with Crippen molar-refractivity contribution >= 4 is 5.95 Å². The van der Waals surface area contributed by atoms with Crippen LogP contribution < -0.4 is 26.4 Å². The van der Waals surface area contributed by atoms with E-state index in [1.807, 2.05) is 47.2 Å². The van der Waals surface area contributed by atoms with E-state index >= 15 is 0 Å². The van der Waals surface area contributed by atoms with Gasteiger partial charge in [-0.2, -0.15) is 0 Å². The maximum Gasteiger partial charge on any atom is 0.396 e. The first kappa shape index (κ1) is 16.2. The van der Waals surface area contributed by atoms with E-state index < -0.39 is 5.72 Å². The number of benzene rings is 1. The molecule has 1 aromatic heterocycles. The molecule has 0 bridgehead atoms. The molecule has 0 aliphatic carbocycles. The summed E-state index contributed by atoms with van der Waals surface area (Å²) in [6.45, 7) is 1.05. The van der Waals surface area contributed by atoms with Gasteiger partial charge in [-0.05, 0) is 5.53 Å². The van der Waals surface area contributed by atoms with Crippen LogP contribution >= 0.6 is 0 Å². The van der Waals surface area contributed by atoms with E-state index in [9.17, 15) is 5.11 Å². The van der Waals surface area contributed by atoms with Gasteiger partial charge in [-0.15, -0.1) is 0 Å². The second kappa shape index (κ2) is 6.74. The lowest BCUT2D eigenvalue weighted by atomic mass is 10.0. The molecule has 1 unspecified atom stereocenters. The molecule has 1 aliphatic rings. The average molecular weight is 363 g/mol. The summed E-state index contributed by atoms with van der Waals surface area (Å²) in [5, 5.41) is 14.7. The van der Waals surface area contributed by atoms with Crippen LogP contribution in [0.15, 0.2) is 53.9 Å². The van der Waals surface area contributed by atoms with Gasteiger partial charge in [-0.3, -0.25) is 0 Å². The van der Waals surface area contributed by atoms with Gasteiger partial charge in [-0.25, -0.2) is 9.47 Å². The van der Waals surface area contributed by atoms with E-state index in [1.165, 1.54) is 0 Å². The largest absolute Gasteiger partial charge is 1.00 e. The number of nitrogens with zero attached hydrogens (tertiary/aromatic N) is 6. The minimum atomic E-state index is -1.19. The Labute approximate surface area is 138 Å². The van der Waals surface area contributed by atoms with E-state index in [1.54, 1.807) is 11.1 Å². The Morgan fingerprint density at radius 3 is 2.86 bits per heavy atom. The number of aliphatic hydroxyl groups is 1. The molecule has 0 saturated carbocycles. The Kier molecular flexibility index (Phi) is 4.97. The zero-order valence-electron chi connectivity index (χ0n) is 11.7. The fourth-order valence-corrected chi connectivity index (χ4v) is 2.66. The summed E-state index contributed by atoms with van der Waals surface area (Å²) < 4.78 is 1.89. The quantitative estimate of drug-likeness (QED) is 0.306. The lowest BCUT2D eigenvalue weighted by Gasteiger charge is -2.27. The number of hydrogen-bond acceptors (Lipinski definition) is 4. The summed E-state index contributed by atoms with van der Waals surface area (Å²) >= 11 is 0. The summed E-state index contributed by atoms with van der Waals surface area (Å²) in [7, 11) is 0. The lowest BCUT2D eigenvalue weighted by Crippen LogP contribution is -3.00. The fraction of sp³-hybridized carbons (Fsp3) is 0.286. The highest BCUT2D eigenvalue weighted by Gasteiger charge is 2.50. The zero-order valence-corrected chi connectivity index (χ0v) is 13.3. The van der Waals surface area contributed by atoms with Gasteiger partial charge in [0.25, 0.3) is 0 Å². The highest BCUT2D eigenvalue weighted by molar-refractivity contribution is 5.38. The van der Waals surface area contributed by atoms with E-state index in [-0.39, 0.29) is 23.5 Å². The zero-order chi connectivity index (χ0) is 14.7. The second-order valence-corrected chi connectivity index (χ2v) is 4.84. The molecule has 1 aromatic carbocycles. The van der Waals surface area contributed by atoms with Crippen LogP contribution in [0.2, 0.25) is 0 Å². The van der Waals surface area contributed by atoms with Crippen molar-refractivity contribution < 1.29 is 26.7 Å². The number of anilines is 1. The monoisotopic (exact) mass is 362 g/mol. The molecule has 0 fully saturated rings. The molecule has 1 aliphatic heterocycles. The van der Waals surface area contributed by atoms with E-state index in [4.69, 9.17) is 5.53 Å². The van der Waals surface area contributed by atoms with Crippen LogP contribution in [0.1, 0.15) is 5.56 Å². The third-order valence-corrected chi connectivity index (χ3v) is 3.60. The Morgan fingerprint density at radius 1 is 1.36 bits per heavy atom. The molecule has 0 saturated heterocycles. The molecular weight excluding hydrogens is 348 g/mol. The summed E-state index contributed by atoms with van der Waals surface area (Å²) in [5.41, 5.74) is 8.04. The van der Waals surface area contributed by atoms with Gasteiger partial charge in [0.15, 0.2) is 0 Å². The molecule has 22 heavy (non-hydrogen) atoms. The molecule has 7 nitrogen and oxygen atoms in total. The predicted octanol–water partition coefficient (Wildman–Crippen LogP) is -1.65. The number of rotatable bonds is 4. The smallest absolute Gasteiger partial charge is 0.396 e. The van der Waals surface area contributed by atoms with Gasteiger partial charge in [0, 0.05) is 16.5 Å². The standard InChI is InChI=1S/C14H15N6O.BrH/c15-18-17-8-10-20-13-16-7-4-9-19(13)11-14(20,21)12-5-2-1-3-6-12;/h1-7,9,21H,8,10-11H2;1H/q+1;/p-1. The summed E-state index contributed by atoms with van der Waals surface area (Å²) in [6, 6.07) is 11.3. The average Bonchev–Trinajstić information content (AvgIpc) is 2.82. The molecule has 8 heteroatoms. The van der Waals surface area contributed by atoms with Crippen LogP contribution in [0.3, 0.4) is 0 Å². The van der Waals surface area contributed by atoms with Gasteiger partial charge in [0.1, 0.15) is 12.7 Å². The Morgan fingerprint density at radius 2 is 2.14 bits per heavy atom. The van der Waals surface area contributed by atoms with Crippen molar-refractivity contribution in [2.45, 2.75) is 12.3 Å². The van der Waals surface area contributed by atoms with Crippen LogP contribution in [0.5, 0.6) is 0 Å². The SMILES string of the molecule is [Br-].[N-]=[N+]=NCCN1c2nccc[n+]2CC1(O)c1ccccc1. The number of fused-ring (bicyclic) bond motifs is 1. The first-order valence-electron chi connectivity index (χ1n) is 6.66. The van der Waals surface area contributed by atoms with Crippen LogP contribution in [0.25, 0.3) is 10.4 Å². The first-order valence-corrected chi connectivity index (χ1v) is 6.66. The van der Waals surface area contributed by atoms with Crippen molar-refractivity contribution in [1.82, 2.24) is 4.98 Å². The van der Waals surface area contributed by atoms with Crippen molar-refractivity contribution in [3.8, 4) is 0 Å². The van der Waals surface area contributed by atoms with Crippen LogP contribution in [0, 0.1) is 0 Å². The molecule has 2 heterocycles. The minimum Gasteiger partial charge on any atom is -1.00 e. The highest BCUT2D eigenvalue weighted by Crippen LogP contribution is 2.33. The molecule has 1 N–H and O–H groups in total. The Bertz CT molecular complexity index is 691. The van der Waals surface area contributed by atoms with E-state index in [2.05, 4.69) is 15.0 Å². The molecule has 3 rings (SSSR count). The van der Waals surface area contributed by atoms with Gasteiger partial charge in [0.05, 0.1) is 19.3 Å². The first-order chi connectivity index (χ1) is 10.3. The Balaban J connectivity index is 0.00000176. The lowest BCUT2D eigenvalue weighted by molar-refractivity contribution is -0.685. The molecule has 0 spiro atoms. The minimum absolute atomic E-state index is 0. The van der Waals surface area contributed by atoms with Crippen molar-refractivity contribution in [2.24, 2.45) is 5.11 Å². The van der Waals surface area contributed by atoms with Gasteiger partial charge in [0.2, 0.25) is 5.72 Å². The number of aromatic nitrogens is 2. The highest BCUT2D eigenvalue weighted by atomic mass is 79.9. The van der Waals surface area contributed by atoms with Crippen molar-refractivity contribution in [2.75, 3.05) is 18.0 Å². The number of hydrogen-bond donors (Lipinski definition) is 1.